The van der Waals surface area contributed by atoms with Crippen molar-refractivity contribution in [2.45, 2.75) is 4.90 Å². The fraction of sp³-hybridized carbons (Fsp3) is 0.130. The van der Waals surface area contributed by atoms with E-state index in [4.69, 9.17) is 9.47 Å². The Morgan fingerprint density at radius 1 is 0.938 bits per heavy atom. The smallest absolute Gasteiger partial charge is 0.264 e. The summed E-state index contributed by atoms with van der Waals surface area (Å²) in [5.41, 5.74) is 3.40. The number of ether oxygens (including phenoxy) is 2. The molecule has 1 amide bonds. The summed E-state index contributed by atoms with van der Waals surface area (Å²) in [4.78, 5) is 12.7. The van der Waals surface area contributed by atoms with Gasteiger partial charge in [0.25, 0.3) is 15.9 Å². The molecule has 0 fully saturated rings. The van der Waals surface area contributed by atoms with E-state index in [2.05, 4.69) is 10.5 Å². The van der Waals surface area contributed by atoms with Crippen molar-refractivity contribution >= 4 is 27.8 Å². The van der Waals surface area contributed by atoms with Crippen molar-refractivity contribution in [1.29, 1.82) is 0 Å². The highest BCUT2D eigenvalue weighted by Crippen LogP contribution is 2.32. The van der Waals surface area contributed by atoms with Gasteiger partial charge in [0, 0.05) is 5.56 Å². The van der Waals surface area contributed by atoms with Crippen LogP contribution in [0.3, 0.4) is 0 Å². The van der Waals surface area contributed by atoms with Crippen LogP contribution >= 0.6 is 0 Å². The zero-order valence-electron chi connectivity index (χ0n) is 17.0. The van der Waals surface area contributed by atoms with E-state index in [1.807, 2.05) is 0 Å². The number of benzene rings is 3. The Labute approximate surface area is 186 Å². The molecule has 3 aromatic carbocycles. The second-order valence-electron chi connectivity index (χ2n) is 6.82. The van der Waals surface area contributed by atoms with Gasteiger partial charge in [0.05, 0.1) is 16.8 Å². The molecule has 32 heavy (non-hydrogen) atoms. The van der Waals surface area contributed by atoms with Gasteiger partial charge in [-0.2, -0.15) is 5.10 Å². The summed E-state index contributed by atoms with van der Waals surface area (Å²) in [6, 6.07) is 21.8. The van der Waals surface area contributed by atoms with E-state index >= 15 is 0 Å². The summed E-state index contributed by atoms with van der Waals surface area (Å²) in [5, 5.41) is 3.97. The van der Waals surface area contributed by atoms with Crippen molar-refractivity contribution < 1.29 is 22.7 Å². The fourth-order valence-corrected chi connectivity index (χ4v) is 4.61. The summed E-state index contributed by atoms with van der Waals surface area (Å²) in [7, 11) is -3.95. The van der Waals surface area contributed by atoms with Crippen LogP contribution in [0.15, 0.2) is 88.9 Å². The van der Waals surface area contributed by atoms with Crippen LogP contribution in [0.25, 0.3) is 0 Å². The second-order valence-corrected chi connectivity index (χ2v) is 8.69. The molecule has 1 heterocycles. The van der Waals surface area contributed by atoms with Crippen molar-refractivity contribution in [1.82, 2.24) is 5.43 Å². The molecule has 0 unspecified atom stereocenters. The van der Waals surface area contributed by atoms with Gasteiger partial charge < -0.3 is 9.47 Å². The number of amides is 1. The van der Waals surface area contributed by atoms with E-state index < -0.39 is 22.5 Å². The molecule has 8 nitrogen and oxygen atoms in total. The highest BCUT2D eigenvalue weighted by Gasteiger charge is 2.26. The highest BCUT2D eigenvalue weighted by atomic mass is 32.2. The Morgan fingerprint density at radius 2 is 1.62 bits per heavy atom. The number of hydrogen-bond acceptors (Lipinski definition) is 6. The van der Waals surface area contributed by atoms with Crippen molar-refractivity contribution in [3.8, 4) is 11.5 Å². The number of anilines is 1. The van der Waals surface area contributed by atoms with Gasteiger partial charge in [-0.15, -0.1) is 0 Å². The molecule has 0 saturated heterocycles. The van der Waals surface area contributed by atoms with Crippen molar-refractivity contribution in [3.05, 3.63) is 84.4 Å². The Bertz CT molecular complexity index is 1210. The lowest BCUT2D eigenvalue weighted by Gasteiger charge is -2.23. The number of carbonyl (C=O) groups is 1. The first-order chi connectivity index (χ1) is 15.6. The van der Waals surface area contributed by atoms with Gasteiger partial charge in [-0.1, -0.05) is 42.5 Å². The molecule has 0 spiro atoms. The van der Waals surface area contributed by atoms with Crippen molar-refractivity contribution in [2.75, 3.05) is 24.1 Å². The number of carbonyl (C=O) groups excluding carboxylic acids is 1. The van der Waals surface area contributed by atoms with Crippen LogP contribution in [0.1, 0.15) is 5.56 Å². The third-order valence-corrected chi connectivity index (χ3v) is 6.44. The molecule has 0 atom stereocenters. The van der Waals surface area contributed by atoms with E-state index in [0.29, 0.717) is 36.0 Å². The Hall–Kier alpha value is -3.85. The van der Waals surface area contributed by atoms with E-state index in [1.54, 1.807) is 66.7 Å². The first-order valence-electron chi connectivity index (χ1n) is 9.89. The minimum Gasteiger partial charge on any atom is -0.486 e. The van der Waals surface area contributed by atoms with Crippen LogP contribution in [-0.4, -0.2) is 40.3 Å². The van der Waals surface area contributed by atoms with Crippen molar-refractivity contribution in [2.24, 2.45) is 5.10 Å². The molecule has 0 aliphatic carbocycles. The number of nitrogens with one attached hydrogen (secondary N) is 1. The quantitative estimate of drug-likeness (QED) is 0.440. The number of nitrogens with zero attached hydrogens (tertiary/aromatic N) is 2. The van der Waals surface area contributed by atoms with Gasteiger partial charge in [0.15, 0.2) is 11.5 Å². The Morgan fingerprint density at radius 3 is 2.38 bits per heavy atom. The van der Waals surface area contributed by atoms with Gasteiger partial charge >= 0.3 is 0 Å². The lowest BCUT2D eigenvalue weighted by molar-refractivity contribution is -0.119. The molecule has 164 valence electrons. The third kappa shape index (κ3) is 4.73. The SMILES string of the molecule is O=C(CN(c1ccccc1)S(=O)(=O)c1ccccc1)N/N=C/c1cccc2c1OCCO2. The number of para-hydroxylation sites is 2. The number of rotatable bonds is 7. The highest BCUT2D eigenvalue weighted by molar-refractivity contribution is 7.92. The number of hydrazone groups is 1. The minimum absolute atomic E-state index is 0.0909. The zero-order chi connectivity index (χ0) is 22.4. The average Bonchev–Trinajstić information content (AvgIpc) is 2.84. The molecule has 1 aliphatic heterocycles. The third-order valence-electron chi connectivity index (χ3n) is 4.65. The van der Waals surface area contributed by atoms with E-state index in [-0.39, 0.29) is 4.90 Å². The molecule has 9 heteroatoms. The molecule has 4 rings (SSSR count). The maximum absolute atomic E-state index is 13.2. The van der Waals surface area contributed by atoms with E-state index in [9.17, 15) is 13.2 Å². The van der Waals surface area contributed by atoms with Gasteiger partial charge in [0.1, 0.15) is 19.8 Å². The summed E-state index contributed by atoms with van der Waals surface area (Å²) in [6.07, 6.45) is 1.43. The first kappa shape index (κ1) is 21.4. The standard InChI is InChI=1S/C23H21N3O5S/c27-22(25-24-16-18-8-7-13-21-23(18)31-15-14-30-21)17-26(19-9-3-1-4-10-19)32(28,29)20-11-5-2-6-12-20/h1-13,16H,14-15,17H2,(H,25,27)/b24-16+. The average molecular weight is 452 g/mol. The second kappa shape index (κ2) is 9.52. The topological polar surface area (TPSA) is 97.3 Å². The molecule has 1 aliphatic rings. The molecule has 1 N–H and O–H groups in total. The van der Waals surface area contributed by atoms with Gasteiger partial charge in [-0.3, -0.25) is 9.10 Å². The predicted octanol–water partition coefficient (Wildman–Crippen LogP) is 2.80. The monoisotopic (exact) mass is 451 g/mol. The zero-order valence-corrected chi connectivity index (χ0v) is 17.9. The number of hydrogen-bond donors (Lipinski definition) is 1. The fourth-order valence-electron chi connectivity index (χ4n) is 3.17. The molecule has 0 bridgehead atoms. The summed E-state index contributed by atoms with van der Waals surface area (Å²) < 4.78 is 38.6. The van der Waals surface area contributed by atoms with Crippen LogP contribution < -0.4 is 19.2 Å². The van der Waals surface area contributed by atoms with Crippen LogP contribution in [0, 0.1) is 0 Å². The summed E-state index contributed by atoms with van der Waals surface area (Å²) >= 11 is 0. The Balaban J connectivity index is 1.52. The van der Waals surface area contributed by atoms with Gasteiger partial charge in [-0.25, -0.2) is 13.8 Å². The van der Waals surface area contributed by atoms with Crippen molar-refractivity contribution in [3.63, 3.8) is 0 Å². The lowest BCUT2D eigenvalue weighted by atomic mass is 10.2. The largest absolute Gasteiger partial charge is 0.486 e. The predicted molar refractivity (Wildman–Crippen MR) is 121 cm³/mol. The number of fused-ring (bicyclic) bond motifs is 1. The minimum atomic E-state index is -3.95. The lowest BCUT2D eigenvalue weighted by Crippen LogP contribution is -2.39. The molecular formula is C23H21N3O5S. The normalized spacial score (nSPS) is 13.0. The number of sulfonamides is 1. The van der Waals surface area contributed by atoms with Crippen LogP contribution in [0.5, 0.6) is 11.5 Å². The maximum atomic E-state index is 13.2. The molecule has 3 aromatic rings. The molecule has 0 aromatic heterocycles. The van der Waals surface area contributed by atoms with E-state index in [0.717, 1.165) is 4.31 Å². The first-order valence-corrected chi connectivity index (χ1v) is 11.3. The van der Waals surface area contributed by atoms with Crippen LogP contribution in [0.4, 0.5) is 5.69 Å². The summed E-state index contributed by atoms with van der Waals surface area (Å²) in [6.45, 7) is 0.453. The molecule has 0 radical (unpaired) electrons. The van der Waals surface area contributed by atoms with Crippen LogP contribution in [0.2, 0.25) is 0 Å². The maximum Gasteiger partial charge on any atom is 0.264 e. The Kier molecular flexibility index (Phi) is 6.37. The molecule has 0 saturated carbocycles. The van der Waals surface area contributed by atoms with Crippen LogP contribution in [-0.2, 0) is 14.8 Å². The van der Waals surface area contributed by atoms with Gasteiger partial charge in [0.2, 0.25) is 0 Å². The molecular weight excluding hydrogens is 430 g/mol. The van der Waals surface area contributed by atoms with Gasteiger partial charge in [-0.05, 0) is 36.4 Å². The summed E-state index contributed by atoms with van der Waals surface area (Å²) in [5.74, 6) is 0.566. The van der Waals surface area contributed by atoms with E-state index in [1.165, 1.54) is 18.3 Å².